The van der Waals surface area contributed by atoms with E-state index < -0.39 is 10.0 Å². The lowest BCUT2D eigenvalue weighted by Gasteiger charge is -2.30. The van der Waals surface area contributed by atoms with Gasteiger partial charge in [0, 0.05) is 43.9 Å². The third kappa shape index (κ3) is 5.45. The summed E-state index contributed by atoms with van der Waals surface area (Å²) in [5, 5.41) is 2.86. The summed E-state index contributed by atoms with van der Waals surface area (Å²) >= 11 is 0. The fourth-order valence-corrected chi connectivity index (χ4v) is 6.11. The van der Waals surface area contributed by atoms with Crippen LogP contribution in [0.1, 0.15) is 60.9 Å². The van der Waals surface area contributed by atoms with E-state index in [1.54, 1.807) is 31.3 Å². The lowest BCUT2D eigenvalue weighted by Crippen LogP contribution is -2.38. The van der Waals surface area contributed by atoms with Crippen LogP contribution in [0.2, 0.25) is 0 Å². The standard InChI is InChI=1S/C25H31N3O4S/c1-27(22-11-3-2-4-12-22)33(31,32)23-13-6-9-20(17-23)25(30)26-21-10-5-8-19(16-21)18-28-15-7-14-24(28)29/h5-6,8-10,13,16-17,22H,2-4,7,11-12,14-15,18H2,1H3,(H,26,30). The van der Waals surface area contributed by atoms with Gasteiger partial charge in [-0.1, -0.05) is 37.5 Å². The lowest BCUT2D eigenvalue weighted by molar-refractivity contribution is -0.128. The van der Waals surface area contributed by atoms with Crippen molar-refractivity contribution in [1.29, 1.82) is 0 Å². The van der Waals surface area contributed by atoms with E-state index in [-0.39, 0.29) is 28.3 Å². The molecule has 7 nitrogen and oxygen atoms in total. The maximum Gasteiger partial charge on any atom is 0.255 e. The van der Waals surface area contributed by atoms with Crippen molar-refractivity contribution < 1.29 is 18.0 Å². The third-order valence-electron chi connectivity index (χ3n) is 6.59. The fraction of sp³-hybridized carbons (Fsp3) is 0.440. The highest BCUT2D eigenvalue weighted by atomic mass is 32.2. The van der Waals surface area contributed by atoms with Gasteiger partial charge in [0.1, 0.15) is 0 Å². The first kappa shape index (κ1) is 23.4. The second-order valence-electron chi connectivity index (χ2n) is 8.91. The van der Waals surface area contributed by atoms with E-state index in [9.17, 15) is 18.0 Å². The van der Waals surface area contributed by atoms with Gasteiger partial charge < -0.3 is 10.2 Å². The van der Waals surface area contributed by atoms with Crippen LogP contribution in [0.4, 0.5) is 5.69 Å². The molecule has 176 valence electrons. The minimum atomic E-state index is -3.68. The van der Waals surface area contributed by atoms with Crippen LogP contribution in [0.3, 0.4) is 0 Å². The molecule has 1 aliphatic heterocycles. The molecule has 0 bridgehead atoms. The number of nitrogens with zero attached hydrogens (tertiary/aromatic N) is 2. The average Bonchev–Trinajstić information content (AvgIpc) is 3.23. The molecule has 0 spiro atoms. The second kappa shape index (κ2) is 10.1. The molecule has 0 unspecified atom stereocenters. The summed E-state index contributed by atoms with van der Waals surface area (Å²) in [6.45, 7) is 1.27. The van der Waals surface area contributed by atoms with Gasteiger partial charge in [-0.3, -0.25) is 9.59 Å². The minimum Gasteiger partial charge on any atom is -0.338 e. The number of hydrogen-bond donors (Lipinski definition) is 1. The van der Waals surface area contributed by atoms with Crippen molar-refractivity contribution >= 4 is 27.5 Å². The van der Waals surface area contributed by atoms with E-state index in [2.05, 4.69) is 5.32 Å². The van der Waals surface area contributed by atoms with Gasteiger partial charge in [0.25, 0.3) is 5.91 Å². The Hall–Kier alpha value is -2.71. The molecule has 4 rings (SSSR count). The molecule has 1 saturated heterocycles. The number of sulfonamides is 1. The highest BCUT2D eigenvalue weighted by Crippen LogP contribution is 2.27. The average molecular weight is 470 g/mol. The first-order chi connectivity index (χ1) is 15.8. The van der Waals surface area contributed by atoms with Crippen LogP contribution in [0.25, 0.3) is 0 Å². The van der Waals surface area contributed by atoms with Crippen molar-refractivity contribution in [3.63, 3.8) is 0 Å². The number of carbonyl (C=O) groups excluding carboxylic acids is 2. The fourth-order valence-electron chi connectivity index (χ4n) is 4.65. The van der Waals surface area contributed by atoms with E-state index in [0.717, 1.165) is 50.6 Å². The summed E-state index contributed by atoms with van der Waals surface area (Å²) < 4.78 is 27.8. The summed E-state index contributed by atoms with van der Waals surface area (Å²) in [7, 11) is -2.04. The molecule has 0 radical (unpaired) electrons. The summed E-state index contributed by atoms with van der Waals surface area (Å²) in [6, 6.07) is 13.6. The zero-order chi connectivity index (χ0) is 23.4. The number of amides is 2. The van der Waals surface area contributed by atoms with Crippen molar-refractivity contribution in [1.82, 2.24) is 9.21 Å². The Morgan fingerprint density at radius 3 is 2.55 bits per heavy atom. The smallest absolute Gasteiger partial charge is 0.255 e. The Morgan fingerprint density at radius 1 is 1.06 bits per heavy atom. The molecule has 1 N–H and O–H groups in total. The molecular weight excluding hydrogens is 438 g/mol. The predicted octanol–water partition coefficient (Wildman–Crippen LogP) is 4.01. The van der Waals surface area contributed by atoms with Crippen molar-refractivity contribution in [2.75, 3.05) is 18.9 Å². The Balaban J connectivity index is 1.46. The maximum atomic E-state index is 13.2. The van der Waals surface area contributed by atoms with Gasteiger partial charge in [-0.2, -0.15) is 4.31 Å². The second-order valence-corrected chi connectivity index (χ2v) is 10.9. The quantitative estimate of drug-likeness (QED) is 0.664. The minimum absolute atomic E-state index is 0.00598. The molecule has 8 heteroatoms. The van der Waals surface area contributed by atoms with E-state index in [4.69, 9.17) is 0 Å². The molecule has 1 aliphatic carbocycles. The number of likely N-dealkylation sites (tertiary alicyclic amines) is 1. The van der Waals surface area contributed by atoms with Gasteiger partial charge in [-0.15, -0.1) is 0 Å². The van der Waals surface area contributed by atoms with Gasteiger partial charge in [0.05, 0.1) is 4.90 Å². The van der Waals surface area contributed by atoms with Crippen LogP contribution in [0, 0.1) is 0 Å². The molecule has 2 fully saturated rings. The highest BCUT2D eigenvalue weighted by molar-refractivity contribution is 7.89. The van der Waals surface area contributed by atoms with Crippen LogP contribution >= 0.6 is 0 Å². The van der Waals surface area contributed by atoms with Gasteiger partial charge in [-0.05, 0) is 55.2 Å². The highest BCUT2D eigenvalue weighted by Gasteiger charge is 2.29. The van der Waals surface area contributed by atoms with Crippen molar-refractivity contribution in [2.45, 2.75) is 62.4 Å². The van der Waals surface area contributed by atoms with Crippen LogP contribution in [-0.2, 0) is 21.4 Å². The van der Waals surface area contributed by atoms with Crippen molar-refractivity contribution in [3.05, 3.63) is 59.7 Å². The lowest BCUT2D eigenvalue weighted by atomic mass is 9.96. The largest absolute Gasteiger partial charge is 0.338 e. The molecule has 1 saturated carbocycles. The molecule has 2 aromatic rings. The Morgan fingerprint density at radius 2 is 1.82 bits per heavy atom. The van der Waals surface area contributed by atoms with E-state index >= 15 is 0 Å². The van der Waals surface area contributed by atoms with Crippen LogP contribution in [0.5, 0.6) is 0 Å². The molecule has 33 heavy (non-hydrogen) atoms. The van der Waals surface area contributed by atoms with E-state index in [1.165, 1.54) is 10.4 Å². The molecule has 2 aromatic carbocycles. The summed E-state index contributed by atoms with van der Waals surface area (Å²) in [5.74, 6) is -0.220. The Kier molecular flexibility index (Phi) is 7.14. The summed E-state index contributed by atoms with van der Waals surface area (Å²) in [5.41, 5.74) is 1.83. The molecule has 0 aromatic heterocycles. The van der Waals surface area contributed by atoms with Crippen molar-refractivity contribution in [3.8, 4) is 0 Å². The number of hydrogen-bond acceptors (Lipinski definition) is 4. The van der Waals surface area contributed by atoms with Gasteiger partial charge in [-0.25, -0.2) is 8.42 Å². The van der Waals surface area contributed by atoms with Crippen LogP contribution in [0.15, 0.2) is 53.4 Å². The number of nitrogens with one attached hydrogen (secondary N) is 1. The predicted molar refractivity (Wildman–Crippen MR) is 127 cm³/mol. The van der Waals surface area contributed by atoms with Crippen molar-refractivity contribution in [2.24, 2.45) is 0 Å². The molecule has 2 aliphatic rings. The SMILES string of the molecule is CN(C1CCCCC1)S(=O)(=O)c1cccc(C(=O)Nc2cccc(CN3CCCC3=O)c2)c1. The monoisotopic (exact) mass is 469 g/mol. The Bertz CT molecular complexity index is 1130. The normalized spacial score (nSPS) is 17.5. The summed E-state index contributed by atoms with van der Waals surface area (Å²) in [6.07, 6.45) is 6.44. The number of benzene rings is 2. The third-order valence-corrected chi connectivity index (χ3v) is 8.50. The molecule has 1 heterocycles. The topological polar surface area (TPSA) is 86.8 Å². The van der Waals surface area contributed by atoms with Gasteiger partial charge in [0.15, 0.2) is 0 Å². The van der Waals surface area contributed by atoms with Crippen LogP contribution < -0.4 is 5.32 Å². The molecule has 0 atom stereocenters. The molecular formula is C25H31N3O4S. The number of carbonyl (C=O) groups is 2. The maximum absolute atomic E-state index is 13.2. The van der Waals surface area contributed by atoms with Gasteiger partial charge in [0.2, 0.25) is 15.9 Å². The zero-order valence-electron chi connectivity index (χ0n) is 19.0. The van der Waals surface area contributed by atoms with E-state index in [1.807, 2.05) is 23.1 Å². The zero-order valence-corrected chi connectivity index (χ0v) is 19.8. The molecule has 2 amide bonds. The first-order valence-corrected chi connectivity index (χ1v) is 13.0. The Labute approximate surface area is 195 Å². The van der Waals surface area contributed by atoms with Crippen LogP contribution in [-0.4, -0.2) is 49.1 Å². The first-order valence-electron chi connectivity index (χ1n) is 11.6. The summed E-state index contributed by atoms with van der Waals surface area (Å²) in [4.78, 5) is 26.7. The van der Waals surface area contributed by atoms with E-state index in [0.29, 0.717) is 18.7 Å². The number of anilines is 1. The number of rotatable bonds is 7. The van der Waals surface area contributed by atoms with Gasteiger partial charge >= 0.3 is 0 Å².